The van der Waals surface area contributed by atoms with Gasteiger partial charge in [-0.3, -0.25) is 0 Å². The predicted molar refractivity (Wildman–Crippen MR) is 80.5 cm³/mol. The van der Waals surface area contributed by atoms with Crippen molar-refractivity contribution in [1.82, 2.24) is 10.3 Å². The van der Waals surface area contributed by atoms with Gasteiger partial charge in [0.2, 0.25) is 5.88 Å². The van der Waals surface area contributed by atoms with E-state index in [1.54, 1.807) is 13.3 Å². The molecule has 1 aromatic carbocycles. The molecular formula is C14H14BrClN2O. The van der Waals surface area contributed by atoms with Crippen LogP contribution in [0.5, 0.6) is 5.88 Å². The van der Waals surface area contributed by atoms with Gasteiger partial charge in [0, 0.05) is 29.3 Å². The number of aromatic nitrogens is 1. The summed E-state index contributed by atoms with van der Waals surface area (Å²) in [6.45, 7) is 1.44. The summed E-state index contributed by atoms with van der Waals surface area (Å²) in [4.78, 5) is 4.16. The molecule has 0 aliphatic carbocycles. The van der Waals surface area contributed by atoms with Crippen molar-refractivity contribution in [3.05, 3.63) is 57.2 Å². The molecule has 0 saturated carbocycles. The van der Waals surface area contributed by atoms with Crippen molar-refractivity contribution >= 4 is 27.5 Å². The number of ether oxygens (including phenoxy) is 1. The Morgan fingerprint density at radius 1 is 1.32 bits per heavy atom. The highest BCUT2D eigenvalue weighted by atomic mass is 79.9. The van der Waals surface area contributed by atoms with Gasteiger partial charge in [0.05, 0.1) is 12.1 Å². The minimum atomic E-state index is 0.656. The molecule has 0 atom stereocenters. The van der Waals surface area contributed by atoms with E-state index in [0.29, 0.717) is 12.4 Å². The molecule has 0 amide bonds. The van der Waals surface area contributed by atoms with Crippen LogP contribution in [-0.2, 0) is 13.1 Å². The van der Waals surface area contributed by atoms with E-state index < -0.39 is 0 Å². The van der Waals surface area contributed by atoms with Gasteiger partial charge in [-0.15, -0.1) is 0 Å². The van der Waals surface area contributed by atoms with Crippen LogP contribution in [-0.4, -0.2) is 12.1 Å². The lowest BCUT2D eigenvalue weighted by atomic mass is 10.2. The Balaban J connectivity index is 1.94. The summed E-state index contributed by atoms with van der Waals surface area (Å²) in [5.74, 6) is 0.656. The average molecular weight is 342 g/mol. The van der Waals surface area contributed by atoms with Gasteiger partial charge >= 0.3 is 0 Å². The molecule has 0 spiro atoms. The number of benzene rings is 1. The van der Waals surface area contributed by atoms with Crippen LogP contribution in [0.2, 0.25) is 5.02 Å². The molecule has 19 heavy (non-hydrogen) atoms. The normalized spacial score (nSPS) is 10.5. The third-order valence-electron chi connectivity index (χ3n) is 2.67. The molecule has 1 N–H and O–H groups in total. The van der Waals surface area contributed by atoms with Crippen molar-refractivity contribution in [3.63, 3.8) is 0 Å². The first-order chi connectivity index (χ1) is 9.20. The third kappa shape index (κ3) is 3.93. The maximum absolute atomic E-state index is 6.05. The molecule has 0 saturated heterocycles. The van der Waals surface area contributed by atoms with E-state index in [2.05, 4.69) is 26.2 Å². The standard InChI is InChI=1S/C14H14BrClN2O/c1-19-14-11(3-2-6-18-14)9-17-8-10-4-5-12(15)13(16)7-10/h2-7,17H,8-9H2,1H3. The first kappa shape index (κ1) is 14.3. The number of hydrogen-bond donors (Lipinski definition) is 1. The number of halogens is 2. The van der Waals surface area contributed by atoms with E-state index in [1.807, 2.05) is 30.3 Å². The summed E-state index contributed by atoms with van der Waals surface area (Å²) in [6, 6.07) is 9.82. The zero-order valence-corrected chi connectivity index (χ0v) is 12.8. The molecule has 0 unspecified atom stereocenters. The SMILES string of the molecule is COc1ncccc1CNCc1ccc(Br)c(Cl)c1. The summed E-state index contributed by atoms with van der Waals surface area (Å²) in [6.07, 6.45) is 1.72. The Bertz CT molecular complexity index is 563. The van der Waals surface area contributed by atoms with Crippen LogP contribution in [0, 0.1) is 0 Å². The number of pyridine rings is 1. The van der Waals surface area contributed by atoms with E-state index in [4.69, 9.17) is 16.3 Å². The topological polar surface area (TPSA) is 34.1 Å². The highest BCUT2D eigenvalue weighted by molar-refractivity contribution is 9.10. The lowest BCUT2D eigenvalue weighted by molar-refractivity contribution is 0.390. The van der Waals surface area contributed by atoms with Gasteiger partial charge in [-0.25, -0.2) is 4.98 Å². The lowest BCUT2D eigenvalue weighted by Gasteiger charge is -2.09. The summed E-state index contributed by atoms with van der Waals surface area (Å²) >= 11 is 9.43. The van der Waals surface area contributed by atoms with Crippen molar-refractivity contribution in [2.75, 3.05) is 7.11 Å². The van der Waals surface area contributed by atoms with Crippen LogP contribution < -0.4 is 10.1 Å². The zero-order valence-electron chi connectivity index (χ0n) is 10.5. The first-order valence-electron chi connectivity index (χ1n) is 5.83. The fourth-order valence-corrected chi connectivity index (χ4v) is 2.18. The molecule has 0 bridgehead atoms. The highest BCUT2D eigenvalue weighted by Crippen LogP contribution is 2.23. The van der Waals surface area contributed by atoms with Crippen LogP contribution in [0.15, 0.2) is 41.0 Å². The Morgan fingerprint density at radius 3 is 2.89 bits per heavy atom. The molecular weight excluding hydrogens is 328 g/mol. The zero-order chi connectivity index (χ0) is 13.7. The van der Waals surface area contributed by atoms with Crippen LogP contribution in [0.25, 0.3) is 0 Å². The van der Waals surface area contributed by atoms with Crippen LogP contribution in [0.1, 0.15) is 11.1 Å². The van der Waals surface area contributed by atoms with E-state index in [1.165, 1.54) is 0 Å². The first-order valence-corrected chi connectivity index (χ1v) is 7.00. The Hall–Kier alpha value is -1.10. The largest absolute Gasteiger partial charge is 0.481 e. The fraction of sp³-hybridized carbons (Fsp3) is 0.214. The van der Waals surface area contributed by atoms with Crippen molar-refractivity contribution in [2.24, 2.45) is 0 Å². The second-order valence-corrected chi connectivity index (χ2v) is 5.29. The monoisotopic (exact) mass is 340 g/mol. The fourth-order valence-electron chi connectivity index (χ4n) is 1.73. The van der Waals surface area contributed by atoms with E-state index in [-0.39, 0.29) is 0 Å². The molecule has 2 aromatic rings. The Morgan fingerprint density at radius 2 is 2.16 bits per heavy atom. The smallest absolute Gasteiger partial charge is 0.217 e. The van der Waals surface area contributed by atoms with Gasteiger partial charge in [-0.1, -0.05) is 23.7 Å². The number of hydrogen-bond acceptors (Lipinski definition) is 3. The van der Waals surface area contributed by atoms with E-state index in [9.17, 15) is 0 Å². The van der Waals surface area contributed by atoms with E-state index >= 15 is 0 Å². The van der Waals surface area contributed by atoms with Crippen molar-refractivity contribution in [1.29, 1.82) is 0 Å². The van der Waals surface area contributed by atoms with E-state index in [0.717, 1.165) is 27.2 Å². The van der Waals surface area contributed by atoms with Gasteiger partial charge in [0.25, 0.3) is 0 Å². The number of methoxy groups -OCH3 is 1. The predicted octanol–water partition coefficient (Wildman–Crippen LogP) is 3.80. The number of nitrogens with one attached hydrogen (secondary N) is 1. The molecule has 1 aromatic heterocycles. The second-order valence-electron chi connectivity index (χ2n) is 4.02. The van der Waals surface area contributed by atoms with Crippen molar-refractivity contribution in [3.8, 4) is 5.88 Å². The molecule has 3 nitrogen and oxygen atoms in total. The van der Waals surface area contributed by atoms with Crippen LogP contribution in [0.4, 0.5) is 0 Å². The quantitative estimate of drug-likeness (QED) is 0.898. The lowest BCUT2D eigenvalue weighted by Crippen LogP contribution is -2.13. The summed E-state index contributed by atoms with van der Waals surface area (Å²) in [5.41, 5.74) is 2.17. The van der Waals surface area contributed by atoms with Crippen molar-refractivity contribution < 1.29 is 4.74 Å². The summed E-state index contributed by atoms with van der Waals surface area (Å²) in [7, 11) is 1.63. The van der Waals surface area contributed by atoms with Gasteiger partial charge in [0.1, 0.15) is 0 Å². The molecule has 0 fully saturated rings. The number of rotatable bonds is 5. The number of nitrogens with zero attached hydrogens (tertiary/aromatic N) is 1. The maximum atomic E-state index is 6.05. The summed E-state index contributed by atoms with van der Waals surface area (Å²) in [5, 5.41) is 4.07. The Labute approximate surface area is 126 Å². The average Bonchev–Trinajstić information content (AvgIpc) is 2.43. The molecule has 0 aliphatic heterocycles. The third-order valence-corrected chi connectivity index (χ3v) is 3.90. The molecule has 0 radical (unpaired) electrons. The second kappa shape index (κ2) is 6.89. The molecule has 1 heterocycles. The minimum Gasteiger partial charge on any atom is -0.481 e. The maximum Gasteiger partial charge on any atom is 0.217 e. The summed E-state index contributed by atoms with van der Waals surface area (Å²) < 4.78 is 6.11. The van der Waals surface area contributed by atoms with Gasteiger partial charge in [0.15, 0.2) is 0 Å². The van der Waals surface area contributed by atoms with Crippen molar-refractivity contribution in [2.45, 2.75) is 13.1 Å². The minimum absolute atomic E-state index is 0.656. The van der Waals surface area contributed by atoms with Gasteiger partial charge in [-0.2, -0.15) is 0 Å². The van der Waals surface area contributed by atoms with Gasteiger partial charge in [-0.05, 0) is 39.7 Å². The molecule has 2 rings (SSSR count). The van der Waals surface area contributed by atoms with Gasteiger partial charge < -0.3 is 10.1 Å². The molecule has 5 heteroatoms. The highest BCUT2D eigenvalue weighted by Gasteiger charge is 2.03. The van der Waals surface area contributed by atoms with Crippen LogP contribution >= 0.6 is 27.5 Å². The molecule has 100 valence electrons. The Kier molecular flexibility index (Phi) is 5.19. The molecule has 0 aliphatic rings. The van der Waals surface area contributed by atoms with Crippen LogP contribution in [0.3, 0.4) is 0 Å².